The zero-order chi connectivity index (χ0) is 21.1. The minimum absolute atomic E-state index is 0.00983. The van der Waals surface area contributed by atoms with Crippen molar-refractivity contribution in [3.8, 4) is 23.5 Å². The van der Waals surface area contributed by atoms with Gasteiger partial charge < -0.3 is 25.1 Å². The molecule has 2 aromatic rings. The summed E-state index contributed by atoms with van der Waals surface area (Å²) in [6, 6.07) is 8.99. The molecule has 2 aliphatic heterocycles. The van der Waals surface area contributed by atoms with Crippen LogP contribution in [0, 0.1) is 12.0 Å². The van der Waals surface area contributed by atoms with E-state index in [0.717, 1.165) is 29.9 Å². The topological polar surface area (TPSA) is 81.9 Å². The smallest absolute Gasteiger partial charge is 0.243 e. The lowest BCUT2D eigenvalue weighted by molar-refractivity contribution is -0.119. The van der Waals surface area contributed by atoms with E-state index in [4.69, 9.17) is 9.47 Å². The minimum Gasteiger partial charge on any atom is -0.497 e. The fraction of sp³-hybridized carbons (Fsp3) is 0.318. The first-order valence-corrected chi connectivity index (χ1v) is 9.70. The molecule has 0 bridgehead atoms. The number of ether oxygens (including phenoxy) is 2. The highest BCUT2D eigenvalue weighted by atomic mass is 16.5. The van der Waals surface area contributed by atoms with Crippen LogP contribution in [-0.2, 0) is 4.79 Å². The van der Waals surface area contributed by atoms with Crippen LogP contribution >= 0.6 is 0 Å². The van der Waals surface area contributed by atoms with Crippen molar-refractivity contribution in [2.24, 2.45) is 0 Å². The predicted octanol–water partition coefficient (Wildman–Crippen LogP) is 1.71. The van der Waals surface area contributed by atoms with Gasteiger partial charge in [0, 0.05) is 48.7 Å². The summed E-state index contributed by atoms with van der Waals surface area (Å²) in [5.74, 6) is 4.48. The molecule has 0 spiro atoms. The fourth-order valence-electron chi connectivity index (χ4n) is 3.74. The highest BCUT2D eigenvalue weighted by Crippen LogP contribution is 2.36. The van der Waals surface area contributed by atoms with E-state index in [0.29, 0.717) is 18.2 Å². The molecular formula is C22H25N5O3. The number of methoxy groups -OCH3 is 2. The number of hydrogen-bond donors (Lipinski definition) is 3. The number of nitrogens with one attached hydrogen (secondary N) is 3. The van der Waals surface area contributed by atoms with Crippen LogP contribution in [0.4, 0.5) is 5.69 Å². The van der Waals surface area contributed by atoms with Crippen LogP contribution in [0.5, 0.6) is 11.5 Å². The van der Waals surface area contributed by atoms with Crippen LogP contribution in [0.25, 0.3) is 0 Å². The summed E-state index contributed by atoms with van der Waals surface area (Å²) in [5, 5.41) is 6.34. The lowest BCUT2D eigenvalue weighted by atomic mass is 10.0. The minimum atomic E-state index is -0.143. The van der Waals surface area contributed by atoms with Gasteiger partial charge in [-0.3, -0.25) is 14.6 Å². The van der Waals surface area contributed by atoms with Gasteiger partial charge in [0.1, 0.15) is 17.7 Å². The number of aromatic amines is 1. The van der Waals surface area contributed by atoms with E-state index in [2.05, 4.69) is 44.0 Å². The molecular weight excluding hydrogens is 382 g/mol. The van der Waals surface area contributed by atoms with Crippen molar-refractivity contribution in [3.63, 3.8) is 0 Å². The van der Waals surface area contributed by atoms with Crippen LogP contribution in [0.1, 0.15) is 17.3 Å². The Morgan fingerprint density at radius 3 is 2.63 bits per heavy atom. The van der Waals surface area contributed by atoms with E-state index in [9.17, 15) is 4.79 Å². The summed E-state index contributed by atoms with van der Waals surface area (Å²) in [6.07, 6.45) is 5.24. The lowest BCUT2D eigenvalue weighted by Gasteiger charge is -2.48. The summed E-state index contributed by atoms with van der Waals surface area (Å²) in [7, 11) is 3.24. The molecule has 0 radical (unpaired) electrons. The normalized spacial score (nSPS) is 18.2. The molecule has 8 heteroatoms. The molecule has 1 fully saturated rings. The largest absolute Gasteiger partial charge is 0.497 e. The van der Waals surface area contributed by atoms with Crippen LogP contribution in [0.15, 0.2) is 43.2 Å². The molecule has 2 aliphatic rings. The molecule has 3 N–H and O–H groups in total. The Kier molecular flexibility index (Phi) is 5.55. The van der Waals surface area contributed by atoms with Crippen molar-refractivity contribution in [3.05, 3.63) is 54.4 Å². The maximum absolute atomic E-state index is 11.6. The van der Waals surface area contributed by atoms with Gasteiger partial charge in [-0.1, -0.05) is 6.58 Å². The van der Waals surface area contributed by atoms with E-state index >= 15 is 0 Å². The molecule has 1 aromatic heterocycles. The van der Waals surface area contributed by atoms with E-state index in [1.807, 2.05) is 30.6 Å². The predicted molar refractivity (Wildman–Crippen MR) is 114 cm³/mol. The van der Waals surface area contributed by atoms with E-state index in [1.165, 1.54) is 6.08 Å². The quantitative estimate of drug-likeness (QED) is 0.517. The van der Waals surface area contributed by atoms with Gasteiger partial charge in [0.05, 0.1) is 32.6 Å². The zero-order valence-corrected chi connectivity index (χ0v) is 17.1. The van der Waals surface area contributed by atoms with Gasteiger partial charge in [0.25, 0.3) is 0 Å². The Morgan fingerprint density at radius 2 is 1.97 bits per heavy atom. The number of amides is 1. The number of nitrogens with zero attached hydrogens (tertiary/aromatic N) is 2. The highest BCUT2D eigenvalue weighted by Gasteiger charge is 2.39. The summed E-state index contributed by atoms with van der Waals surface area (Å²) in [6.45, 7) is 5.60. The fourth-order valence-corrected chi connectivity index (χ4v) is 3.74. The van der Waals surface area contributed by atoms with Gasteiger partial charge in [-0.25, -0.2) is 0 Å². The number of benzene rings is 1. The maximum Gasteiger partial charge on any atom is 0.243 e. The van der Waals surface area contributed by atoms with Crippen LogP contribution in [0.3, 0.4) is 0 Å². The Balaban J connectivity index is 1.55. The van der Waals surface area contributed by atoms with Gasteiger partial charge in [-0.05, 0) is 24.1 Å². The molecule has 4 rings (SSSR count). The molecule has 1 saturated heterocycles. The van der Waals surface area contributed by atoms with E-state index in [-0.39, 0.29) is 18.1 Å². The molecule has 3 heterocycles. The number of fused-ring (bicyclic) bond motifs is 1. The summed E-state index contributed by atoms with van der Waals surface area (Å²) in [4.78, 5) is 19.1. The van der Waals surface area contributed by atoms with Crippen LogP contribution in [-0.4, -0.2) is 60.7 Å². The van der Waals surface area contributed by atoms with Gasteiger partial charge in [0.15, 0.2) is 0 Å². The number of aromatic nitrogens is 1. The van der Waals surface area contributed by atoms with Gasteiger partial charge >= 0.3 is 0 Å². The highest BCUT2D eigenvalue weighted by molar-refractivity contribution is 5.87. The second-order valence-electron chi connectivity index (χ2n) is 7.20. The summed E-state index contributed by atoms with van der Waals surface area (Å²) in [5.41, 5.74) is 3.01. The van der Waals surface area contributed by atoms with Crippen molar-refractivity contribution in [1.82, 2.24) is 20.1 Å². The van der Waals surface area contributed by atoms with Crippen molar-refractivity contribution in [2.75, 3.05) is 39.3 Å². The van der Waals surface area contributed by atoms with Gasteiger partial charge in [0.2, 0.25) is 5.91 Å². The first kappa shape index (κ1) is 19.7. The van der Waals surface area contributed by atoms with Crippen molar-refractivity contribution < 1.29 is 14.3 Å². The summed E-state index contributed by atoms with van der Waals surface area (Å²) >= 11 is 0. The number of likely N-dealkylation sites (tertiary alicyclic amines) is 1. The van der Waals surface area contributed by atoms with Gasteiger partial charge in [-0.2, -0.15) is 0 Å². The molecule has 0 aliphatic carbocycles. The van der Waals surface area contributed by atoms with Gasteiger partial charge in [-0.15, -0.1) is 0 Å². The van der Waals surface area contributed by atoms with Crippen molar-refractivity contribution in [1.29, 1.82) is 0 Å². The molecule has 1 aromatic carbocycles. The third kappa shape index (κ3) is 3.93. The third-order valence-corrected chi connectivity index (χ3v) is 5.27. The third-order valence-electron chi connectivity index (χ3n) is 5.27. The zero-order valence-electron chi connectivity index (χ0n) is 17.1. The molecule has 1 atom stereocenters. The molecule has 156 valence electrons. The van der Waals surface area contributed by atoms with E-state index < -0.39 is 0 Å². The van der Waals surface area contributed by atoms with Crippen LogP contribution < -0.4 is 20.1 Å². The maximum atomic E-state index is 11.6. The molecule has 0 saturated carbocycles. The SMILES string of the molecule is C=CC(=O)NC1CN(C2c3c[nH]cc3NCN2C#Cc2cc(OC)cc(OC)c2)C1. The van der Waals surface area contributed by atoms with Crippen molar-refractivity contribution in [2.45, 2.75) is 12.2 Å². The Bertz CT molecular complexity index is 977. The molecule has 1 unspecified atom stereocenters. The number of hydrogen-bond acceptors (Lipinski definition) is 6. The monoisotopic (exact) mass is 407 g/mol. The first-order valence-electron chi connectivity index (χ1n) is 9.70. The number of carbonyl (C=O) groups excluding carboxylic acids is 1. The average molecular weight is 407 g/mol. The molecule has 1 amide bonds. The second-order valence-corrected chi connectivity index (χ2v) is 7.20. The van der Waals surface area contributed by atoms with Crippen molar-refractivity contribution >= 4 is 11.6 Å². The summed E-state index contributed by atoms with van der Waals surface area (Å²) < 4.78 is 10.7. The van der Waals surface area contributed by atoms with Crippen LogP contribution in [0.2, 0.25) is 0 Å². The standard InChI is InChI=1S/C22H25N5O3/c1-4-21(28)25-16-12-27(13-16)22-19-10-23-11-20(19)24-14-26(22)6-5-15-7-17(29-2)9-18(8-15)30-3/h4,7-11,16,22-24H,1,12-14H2,2-3H3,(H,25,28). The number of rotatable bonds is 5. The first-order chi connectivity index (χ1) is 14.6. The lowest BCUT2D eigenvalue weighted by Crippen LogP contribution is -2.62. The Hall–Kier alpha value is -3.57. The Labute approximate surface area is 175 Å². The average Bonchev–Trinajstić information content (AvgIpc) is 3.22. The molecule has 8 nitrogen and oxygen atoms in total. The van der Waals surface area contributed by atoms with E-state index in [1.54, 1.807) is 14.2 Å². The second kappa shape index (κ2) is 8.43. The number of carbonyl (C=O) groups is 1. The number of H-pyrrole nitrogens is 1. The number of anilines is 1. The Morgan fingerprint density at radius 1 is 1.23 bits per heavy atom. The molecule has 30 heavy (non-hydrogen) atoms.